The van der Waals surface area contributed by atoms with Gasteiger partial charge in [-0.1, -0.05) is 11.6 Å². The molecule has 5 nitrogen and oxygen atoms in total. The van der Waals surface area contributed by atoms with E-state index in [1.165, 1.54) is 0 Å². The van der Waals surface area contributed by atoms with Crippen LogP contribution in [0.3, 0.4) is 0 Å². The highest BCUT2D eigenvalue weighted by Gasteiger charge is 2.35. The molecule has 27 heavy (non-hydrogen) atoms. The van der Waals surface area contributed by atoms with Gasteiger partial charge in [0.1, 0.15) is 0 Å². The van der Waals surface area contributed by atoms with Crippen LogP contribution in [0.15, 0.2) is 12.1 Å². The van der Waals surface area contributed by atoms with Gasteiger partial charge in [0, 0.05) is 42.2 Å². The number of nitrogens with one attached hydrogen (secondary N) is 1. The first-order valence-electron chi connectivity index (χ1n) is 10.0. The molecule has 1 amide bonds. The lowest BCUT2D eigenvalue weighted by Crippen LogP contribution is -2.43. The van der Waals surface area contributed by atoms with Crippen molar-refractivity contribution in [3.8, 4) is 11.5 Å². The van der Waals surface area contributed by atoms with Crippen molar-refractivity contribution < 1.29 is 14.3 Å². The van der Waals surface area contributed by atoms with Gasteiger partial charge < -0.3 is 19.7 Å². The Balaban J connectivity index is 1.57. The highest BCUT2D eigenvalue weighted by atomic mass is 35.5. The summed E-state index contributed by atoms with van der Waals surface area (Å²) < 4.78 is 11.4. The first-order chi connectivity index (χ1) is 13.0. The molecule has 1 saturated carbocycles. The second-order valence-electron chi connectivity index (χ2n) is 7.96. The lowest BCUT2D eigenvalue weighted by Gasteiger charge is -2.33. The van der Waals surface area contributed by atoms with E-state index < -0.39 is 0 Å². The second-order valence-corrected chi connectivity index (χ2v) is 8.40. The van der Waals surface area contributed by atoms with Crippen molar-refractivity contribution >= 4 is 17.5 Å². The van der Waals surface area contributed by atoms with E-state index in [4.69, 9.17) is 21.1 Å². The molecule has 1 aliphatic carbocycles. The maximum absolute atomic E-state index is 12.3. The molecular weight excluding hydrogens is 364 g/mol. The van der Waals surface area contributed by atoms with Crippen molar-refractivity contribution in [2.24, 2.45) is 11.8 Å². The molecule has 2 aliphatic rings. The van der Waals surface area contributed by atoms with E-state index in [1.54, 1.807) is 13.2 Å². The third-order valence-electron chi connectivity index (χ3n) is 5.18. The predicted molar refractivity (Wildman–Crippen MR) is 108 cm³/mol. The zero-order valence-corrected chi connectivity index (χ0v) is 17.3. The van der Waals surface area contributed by atoms with Crippen LogP contribution in [0.1, 0.15) is 45.1 Å². The van der Waals surface area contributed by atoms with Gasteiger partial charge in [0.15, 0.2) is 11.5 Å². The van der Waals surface area contributed by atoms with Crippen molar-refractivity contribution in [1.82, 2.24) is 10.2 Å². The van der Waals surface area contributed by atoms with Crippen LogP contribution in [0.2, 0.25) is 5.02 Å². The minimum atomic E-state index is 0.0548. The maximum Gasteiger partial charge on any atom is 0.225 e. The molecule has 1 aromatic rings. The van der Waals surface area contributed by atoms with E-state index in [0.717, 1.165) is 56.6 Å². The minimum absolute atomic E-state index is 0.0548. The van der Waals surface area contributed by atoms with Crippen LogP contribution >= 0.6 is 11.6 Å². The highest BCUT2D eigenvalue weighted by molar-refractivity contribution is 6.30. The molecule has 2 fully saturated rings. The molecule has 1 heterocycles. The van der Waals surface area contributed by atoms with Crippen molar-refractivity contribution in [2.75, 3.05) is 26.7 Å². The lowest BCUT2D eigenvalue weighted by atomic mass is 9.97. The van der Waals surface area contributed by atoms with Crippen LogP contribution in [0.5, 0.6) is 11.5 Å². The third-order valence-corrected chi connectivity index (χ3v) is 5.39. The molecule has 1 aliphatic heterocycles. The fraction of sp³-hybridized carbons (Fsp3) is 0.667. The number of benzene rings is 1. The van der Waals surface area contributed by atoms with E-state index in [0.29, 0.717) is 35.1 Å². The number of rotatable bonds is 8. The normalized spacial score (nSPS) is 20.0. The zero-order valence-electron chi connectivity index (χ0n) is 16.6. The number of likely N-dealkylation sites (tertiary alicyclic amines) is 1. The Morgan fingerprint density at radius 1 is 1.33 bits per heavy atom. The molecule has 1 unspecified atom stereocenters. The summed E-state index contributed by atoms with van der Waals surface area (Å²) >= 11 is 6.25. The quantitative estimate of drug-likeness (QED) is 0.727. The van der Waals surface area contributed by atoms with Crippen LogP contribution in [-0.2, 0) is 11.3 Å². The molecular formula is C21H31ClN2O3. The maximum atomic E-state index is 12.3. The fourth-order valence-corrected chi connectivity index (χ4v) is 3.94. The Bertz CT molecular complexity index is 661. The summed E-state index contributed by atoms with van der Waals surface area (Å²) in [6, 6.07) is 3.71. The second kappa shape index (κ2) is 9.16. The van der Waals surface area contributed by atoms with Gasteiger partial charge in [-0.15, -0.1) is 0 Å². The number of methoxy groups -OCH3 is 1. The topological polar surface area (TPSA) is 50.8 Å². The molecule has 6 heteroatoms. The van der Waals surface area contributed by atoms with E-state index in [9.17, 15) is 4.79 Å². The van der Waals surface area contributed by atoms with Gasteiger partial charge in [0.25, 0.3) is 0 Å². The Labute approximate surface area is 167 Å². The summed E-state index contributed by atoms with van der Waals surface area (Å²) in [7, 11) is 1.63. The molecule has 1 aromatic carbocycles. The van der Waals surface area contributed by atoms with Crippen molar-refractivity contribution in [3.63, 3.8) is 0 Å². The van der Waals surface area contributed by atoms with Crippen LogP contribution in [0.25, 0.3) is 0 Å². The predicted octanol–water partition coefficient (Wildman–Crippen LogP) is 3.87. The average molecular weight is 395 g/mol. The van der Waals surface area contributed by atoms with E-state index in [-0.39, 0.29) is 6.10 Å². The van der Waals surface area contributed by atoms with Crippen LogP contribution in [0.4, 0.5) is 0 Å². The summed E-state index contributed by atoms with van der Waals surface area (Å²) in [5.41, 5.74) is 0.995. The Hall–Kier alpha value is -1.46. The SMILES string of the molecule is COc1cc(Cl)cc(CNCC2CCCN(C(=O)C3CC3)C2)c1OC(C)C. The van der Waals surface area contributed by atoms with Gasteiger partial charge in [-0.25, -0.2) is 0 Å². The number of piperidine rings is 1. The number of hydrogen-bond donors (Lipinski definition) is 1. The Morgan fingerprint density at radius 3 is 2.78 bits per heavy atom. The highest BCUT2D eigenvalue weighted by Crippen LogP contribution is 2.36. The van der Waals surface area contributed by atoms with Crippen molar-refractivity contribution in [2.45, 2.75) is 52.2 Å². The van der Waals surface area contributed by atoms with Gasteiger partial charge >= 0.3 is 0 Å². The smallest absolute Gasteiger partial charge is 0.225 e. The summed E-state index contributed by atoms with van der Waals surface area (Å²) in [6.07, 6.45) is 4.47. The number of amides is 1. The van der Waals surface area contributed by atoms with E-state index >= 15 is 0 Å². The zero-order chi connectivity index (χ0) is 19.4. The number of nitrogens with zero attached hydrogens (tertiary/aromatic N) is 1. The van der Waals surface area contributed by atoms with Crippen LogP contribution < -0.4 is 14.8 Å². The summed E-state index contributed by atoms with van der Waals surface area (Å²) in [4.78, 5) is 14.4. The van der Waals surface area contributed by atoms with E-state index in [1.807, 2.05) is 19.9 Å². The summed E-state index contributed by atoms with van der Waals surface area (Å²) in [5.74, 6) is 2.58. The number of hydrogen-bond acceptors (Lipinski definition) is 4. The number of ether oxygens (including phenoxy) is 2. The van der Waals surface area contributed by atoms with Gasteiger partial charge in [-0.2, -0.15) is 0 Å². The third kappa shape index (κ3) is 5.52. The average Bonchev–Trinajstić information content (AvgIpc) is 3.48. The lowest BCUT2D eigenvalue weighted by molar-refractivity contribution is -0.134. The van der Waals surface area contributed by atoms with Gasteiger partial charge in [0.05, 0.1) is 13.2 Å². The van der Waals surface area contributed by atoms with Crippen molar-refractivity contribution in [1.29, 1.82) is 0 Å². The molecule has 150 valence electrons. The summed E-state index contributed by atoms with van der Waals surface area (Å²) in [6.45, 7) is 7.33. The molecule has 1 atom stereocenters. The molecule has 0 aromatic heterocycles. The standard InChI is InChI=1S/C21H31ClN2O3/c1-14(2)27-20-17(9-18(22)10-19(20)26-3)12-23-11-15-5-4-8-24(13-15)21(25)16-6-7-16/h9-10,14-16,23H,4-8,11-13H2,1-3H3. The largest absolute Gasteiger partial charge is 0.493 e. The molecule has 0 spiro atoms. The number of carbonyl (C=O) groups excluding carboxylic acids is 1. The monoisotopic (exact) mass is 394 g/mol. The first kappa shape index (κ1) is 20.3. The summed E-state index contributed by atoms with van der Waals surface area (Å²) in [5, 5.41) is 4.17. The van der Waals surface area contributed by atoms with Crippen molar-refractivity contribution in [3.05, 3.63) is 22.7 Å². The molecule has 0 bridgehead atoms. The minimum Gasteiger partial charge on any atom is -0.493 e. The van der Waals surface area contributed by atoms with Crippen LogP contribution in [0, 0.1) is 11.8 Å². The first-order valence-corrected chi connectivity index (χ1v) is 10.4. The molecule has 0 radical (unpaired) electrons. The Morgan fingerprint density at radius 2 is 2.11 bits per heavy atom. The number of halogens is 1. The molecule has 1 saturated heterocycles. The van der Waals surface area contributed by atoms with Gasteiger partial charge in [-0.05, 0) is 58.1 Å². The van der Waals surface area contributed by atoms with E-state index in [2.05, 4.69) is 10.2 Å². The fourth-order valence-electron chi connectivity index (χ4n) is 3.71. The van der Waals surface area contributed by atoms with Crippen LogP contribution in [-0.4, -0.2) is 43.7 Å². The Kier molecular flexibility index (Phi) is 6.88. The number of carbonyl (C=O) groups is 1. The van der Waals surface area contributed by atoms with Gasteiger partial charge in [0.2, 0.25) is 5.91 Å². The van der Waals surface area contributed by atoms with Gasteiger partial charge in [-0.3, -0.25) is 4.79 Å². The molecule has 1 N–H and O–H groups in total. The molecule has 3 rings (SSSR count).